The number of carboxylic acids is 1. The van der Waals surface area contributed by atoms with Crippen molar-refractivity contribution in [1.82, 2.24) is 0 Å². The Morgan fingerprint density at radius 2 is 2.14 bits per heavy atom. The smallest absolute Gasteiger partial charge is 0.328 e. The van der Waals surface area contributed by atoms with Crippen LogP contribution in [0.2, 0.25) is 0 Å². The fraction of sp³-hybridized carbons (Fsp3) is 0.235. The topological polar surface area (TPSA) is 46.5 Å². The van der Waals surface area contributed by atoms with Crippen molar-refractivity contribution in [2.24, 2.45) is 0 Å². The van der Waals surface area contributed by atoms with Gasteiger partial charge in [0, 0.05) is 15.8 Å². The summed E-state index contributed by atoms with van der Waals surface area (Å²) in [7, 11) is 0. The lowest BCUT2D eigenvalue weighted by molar-refractivity contribution is -0.131. The van der Waals surface area contributed by atoms with Gasteiger partial charge in [-0.3, -0.25) is 0 Å². The Labute approximate surface area is 128 Å². The fourth-order valence-corrected chi connectivity index (χ4v) is 2.66. The number of benzene rings is 1. The van der Waals surface area contributed by atoms with Crippen LogP contribution in [0.4, 0.5) is 0 Å². The zero-order chi connectivity index (χ0) is 15.2. The summed E-state index contributed by atoms with van der Waals surface area (Å²) in [4.78, 5) is 12.4. The molecule has 1 heterocycles. The van der Waals surface area contributed by atoms with Gasteiger partial charge in [-0.05, 0) is 41.8 Å². The second-order valence-corrected chi connectivity index (χ2v) is 6.19. The Balaban J connectivity index is 1.97. The highest BCUT2D eigenvalue weighted by Gasteiger charge is 2.03. The van der Waals surface area contributed by atoms with E-state index in [0.29, 0.717) is 12.5 Å². The Bertz CT molecular complexity index is 641. The van der Waals surface area contributed by atoms with Gasteiger partial charge in [-0.2, -0.15) is 0 Å². The standard InChI is InChI=1S/C17H18O3S/c1-12(2)13-4-3-5-14(10-13)20-11-16-7-6-15(21-16)8-9-17(18)19/h3-10,12H,11H2,1-2H3,(H,18,19). The summed E-state index contributed by atoms with van der Waals surface area (Å²) in [5.74, 6) is 0.395. The summed E-state index contributed by atoms with van der Waals surface area (Å²) in [6, 6.07) is 12.0. The summed E-state index contributed by atoms with van der Waals surface area (Å²) < 4.78 is 5.79. The first kappa shape index (κ1) is 15.3. The highest BCUT2D eigenvalue weighted by Crippen LogP contribution is 2.23. The fourth-order valence-electron chi connectivity index (χ4n) is 1.83. The molecule has 21 heavy (non-hydrogen) atoms. The van der Waals surface area contributed by atoms with E-state index in [1.165, 1.54) is 16.9 Å². The van der Waals surface area contributed by atoms with Crippen LogP contribution in [0.15, 0.2) is 42.5 Å². The van der Waals surface area contributed by atoms with E-state index in [0.717, 1.165) is 21.6 Å². The van der Waals surface area contributed by atoms with E-state index >= 15 is 0 Å². The highest BCUT2D eigenvalue weighted by molar-refractivity contribution is 7.12. The average Bonchev–Trinajstić information content (AvgIpc) is 2.91. The molecule has 1 N–H and O–H groups in total. The van der Waals surface area contributed by atoms with Gasteiger partial charge in [0.05, 0.1) is 0 Å². The first-order chi connectivity index (χ1) is 10.0. The van der Waals surface area contributed by atoms with Gasteiger partial charge in [-0.25, -0.2) is 4.79 Å². The zero-order valence-electron chi connectivity index (χ0n) is 12.1. The summed E-state index contributed by atoms with van der Waals surface area (Å²) >= 11 is 1.53. The molecule has 1 aromatic heterocycles. The highest BCUT2D eigenvalue weighted by atomic mass is 32.1. The quantitative estimate of drug-likeness (QED) is 0.796. The van der Waals surface area contributed by atoms with Crippen LogP contribution in [-0.4, -0.2) is 11.1 Å². The molecular formula is C17H18O3S. The molecule has 2 rings (SSSR count). The Hall–Kier alpha value is -2.07. The largest absolute Gasteiger partial charge is 0.488 e. The molecular weight excluding hydrogens is 284 g/mol. The van der Waals surface area contributed by atoms with E-state index < -0.39 is 5.97 Å². The molecule has 2 aromatic rings. The predicted molar refractivity (Wildman–Crippen MR) is 85.9 cm³/mol. The van der Waals surface area contributed by atoms with Crippen molar-refractivity contribution in [1.29, 1.82) is 0 Å². The summed E-state index contributed by atoms with van der Waals surface area (Å²) in [5, 5.41) is 8.60. The van der Waals surface area contributed by atoms with Gasteiger partial charge < -0.3 is 9.84 Å². The lowest BCUT2D eigenvalue weighted by Gasteiger charge is -2.09. The van der Waals surface area contributed by atoms with E-state index in [9.17, 15) is 4.79 Å². The van der Waals surface area contributed by atoms with Crippen molar-refractivity contribution in [3.8, 4) is 5.75 Å². The van der Waals surface area contributed by atoms with Crippen molar-refractivity contribution < 1.29 is 14.6 Å². The molecule has 110 valence electrons. The maximum absolute atomic E-state index is 10.5. The second kappa shape index (κ2) is 7.09. The number of hydrogen-bond acceptors (Lipinski definition) is 3. The van der Waals surface area contributed by atoms with Crippen molar-refractivity contribution in [3.63, 3.8) is 0 Å². The third-order valence-electron chi connectivity index (χ3n) is 2.98. The van der Waals surface area contributed by atoms with E-state index in [1.54, 1.807) is 6.08 Å². The van der Waals surface area contributed by atoms with Crippen LogP contribution in [0, 0.1) is 0 Å². The van der Waals surface area contributed by atoms with Crippen molar-refractivity contribution in [2.75, 3.05) is 0 Å². The Kier molecular flexibility index (Phi) is 5.17. The van der Waals surface area contributed by atoms with Crippen LogP contribution in [0.3, 0.4) is 0 Å². The van der Waals surface area contributed by atoms with E-state index in [2.05, 4.69) is 26.0 Å². The molecule has 0 saturated heterocycles. The van der Waals surface area contributed by atoms with Crippen molar-refractivity contribution in [3.05, 3.63) is 57.8 Å². The predicted octanol–water partition coefficient (Wildman–Crippen LogP) is 4.55. The minimum atomic E-state index is -0.938. The van der Waals surface area contributed by atoms with Crippen molar-refractivity contribution >= 4 is 23.4 Å². The first-order valence-corrected chi connectivity index (χ1v) is 7.58. The van der Waals surface area contributed by atoms with Gasteiger partial charge >= 0.3 is 5.97 Å². The zero-order valence-corrected chi connectivity index (χ0v) is 12.9. The molecule has 0 atom stereocenters. The molecule has 4 heteroatoms. The first-order valence-electron chi connectivity index (χ1n) is 6.77. The third kappa shape index (κ3) is 4.76. The number of hydrogen-bond donors (Lipinski definition) is 1. The number of carbonyl (C=O) groups is 1. The lowest BCUT2D eigenvalue weighted by Crippen LogP contribution is -1.94. The molecule has 0 aliphatic carbocycles. The van der Waals surface area contributed by atoms with E-state index in [-0.39, 0.29) is 0 Å². The monoisotopic (exact) mass is 302 g/mol. The molecule has 0 aliphatic rings. The molecule has 0 saturated carbocycles. The molecule has 0 spiro atoms. The van der Waals surface area contributed by atoms with Gasteiger partial charge in [-0.15, -0.1) is 11.3 Å². The molecule has 0 bridgehead atoms. The van der Waals surface area contributed by atoms with Gasteiger partial charge in [0.15, 0.2) is 0 Å². The minimum absolute atomic E-state index is 0.475. The van der Waals surface area contributed by atoms with Crippen LogP contribution in [0.1, 0.15) is 35.1 Å². The Morgan fingerprint density at radius 3 is 2.86 bits per heavy atom. The second-order valence-electron chi connectivity index (χ2n) is 4.99. The van der Waals surface area contributed by atoms with Crippen LogP contribution in [0.25, 0.3) is 6.08 Å². The number of thiophene rings is 1. The van der Waals surface area contributed by atoms with Crippen molar-refractivity contribution in [2.45, 2.75) is 26.4 Å². The van der Waals surface area contributed by atoms with Crippen LogP contribution in [0.5, 0.6) is 5.75 Å². The molecule has 1 aromatic carbocycles. The molecule has 0 fully saturated rings. The summed E-state index contributed by atoms with van der Waals surface area (Å²) in [5.41, 5.74) is 1.25. The minimum Gasteiger partial charge on any atom is -0.488 e. The number of carboxylic acid groups (broad SMARTS) is 1. The van der Waals surface area contributed by atoms with Gasteiger partial charge in [0.25, 0.3) is 0 Å². The van der Waals surface area contributed by atoms with Crippen LogP contribution < -0.4 is 4.74 Å². The van der Waals surface area contributed by atoms with E-state index in [4.69, 9.17) is 9.84 Å². The van der Waals surface area contributed by atoms with Gasteiger partial charge in [0.1, 0.15) is 12.4 Å². The Morgan fingerprint density at radius 1 is 1.33 bits per heavy atom. The molecule has 0 unspecified atom stereocenters. The SMILES string of the molecule is CC(C)c1cccc(OCc2ccc(C=CC(=O)O)s2)c1. The third-order valence-corrected chi connectivity index (χ3v) is 4.00. The molecule has 0 aliphatic heterocycles. The molecule has 0 amide bonds. The molecule has 0 radical (unpaired) electrons. The van der Waals surface area contributed by atoms with Crippen LogP contribution in [-0.2, 0) is 11.4 Å². The molecule has 3 nitrogen and oxygen atoms in total. The van der Waals surface area contributed by atoms with E-state index in [1.807, 2.05) is 24.3 Å². The maximum Gasteiger partial charge on any atom is 0.328 e. The van der Waals surface area contributed by atoms with Crippen LogP contribution >= 0.6 is 11.3 Å². The average molecular weight is 302 g/mol. The lowest BCUT2D eigenvalue weighted by atomic mass is 10.0. The maximum atomic E-state index is 10.5. The van der Waals surface area contributed by atoms with Gasteiger partial charge in [-0.1, -0.05) is 26.0 Å². The number of rotatable bonds is 6. The summed E-state index contributed by atoms with van der Waals surface area (Å²) in [6.45, 7) is 4.80. The number of ether oxygens (including phenoxy) is 1. The summed E-state index contributed by atoms with van der Waals surface area (Å²) in [6.07, 6.45) is 2.73. The normalized spacial score (nSPS) is 11.2. The van der Waals surface area contributed by atoms with Gasteiger partial charge in [0.2, 0.25) is 0 Å². The number of aliphatic carboxylic acids is 1.